The summed E-state index contributed by atoms with van der Waals surface area (Å²) in [6.07, 6.45) is 0. The summed E-state index contributed by atoms with van der Waals surface area (Å²) in [6, 6.07) is 175. The maximum Gasteiger partial charge on any atom is 0.143 e. The van der Waals surface area contributed by atoms with Crippen molar-refractivity contribution < 1.29 is 4.42 Å². The minimum atomic E-state index is -0.523. The second kappa shape index (κ2) is 29.4. The zero-order valence-corrected chi connectivity index (χ0v) is 69.3. The molecule has 0 unspecified atom stereocenters. The minimum absolute atomic E-state index is 0. The number of hydrogen-bond donors (Lipinski definition) is 0. The van der Waals surface area contributed by atoms with Crippen LogP contribution in [0.15, 0.2) is 478 Å². The third kappa shape index (κ3) is 10.9. The van der Waals surface area contributed by atoms with Gasteiger partial charge in [0.15, 0.2) is 0 Å². The molecule has 5 aliphatic carbocycles. The highest BCUT2D eigenvalue weighted by atomic mass is 16.3. The number of benzene rings is 21. The highest BCUT2D eigenvalue weighted by molar-refractivity contribution is 6.20. The molecule has 1 spiro atoms. The van der Waals surface area contributed by atoms with Crippen molar-refractivity contribution in [2.45, 2.75) is 18.3 Å². The van der Waals surface area contributed by atoms with Gasteiger partial charge in [-0.2, -0.15) is 0 Å². The molecular weight excluding hydrogens is 1550 g/mol. The van der Waals surface area contributed by atoms with E-state index in [1.807, 2.05) is 6.07 Å². The lowest BCUT2D eigenvalue weighted by Gasteiger charge is -2.35. The standard InChI is InChI=1S/C65H41NO.C59H37N.CH4/c1-3-15-44(16-4-1)65(45-17-5-2-6-18-45)60-27-11-9-21-53(60)54-38-37-48(41-61(54)65)66(47-35-31-43(32-36-47)50-23-13-26-59-55-22-10-12-28-62(55)67-64(50)59)46-33-29-42(30-34-46)49-39-40-58-52-20-8-7-19-51(52)57-25-14-24-56(49)63(57)58;1-2-16-40(17-3-1)60(41-33-31-38(32-34-41)43-35-36-51-46-20-5-4-19-45(46)50-26-13-25-49(43)57(50)51)42-18-12-15-39(37-42)44-24-14-30-56-58(44)52-23-8-11-29-55(52)59(56)53-27-9-6-21-47(53)48-22-7-10-28-54(48)59;/h1-41H;1-37H;1H4. The van der Waals surface area contributed by atoms with Crippen molar-refractivity contribution in [3.05, 3.63) is 518 Å². The summed E-state index contributed by atoms with van der Waals surface area (Å²) in [5.74, 6) is 0. The van der Waals surface area contributed by atoms with Gasteiger partial charge in [-0.3, -0.25) is 0 Å². The number of hydrogen-bond acceptors (Lipinski definition) is 3. The van der Waals surface area contributed by atoms with Crippen LogP contribution in [0.2, 0.25) is 0 Å². The van der Waals surface area contributed by atoms with E-state index in [-0.39, 0.29) is 12.8 Å². The lowest BCUT2D eigenvalue weighted by atomic mass is 9.67. The number of para-hydroxylation sites is 3. The van der Waals surface area contributed by atoms with Crippen LogP contribution in [-0.4, -0.2) is 0 Å². The van der Waals surface area contributed by atoms with Crippen LogP contribution < -0.4 is 9.80 Å². The maximum absolute atomic E-state index is 6.51. The monoisotopic (exact) mass is 1630 g/mol. The molecule has 3 nitrogen and oxygen atoms in total. The summed E-state index contributed by atoms with van der Waals surface area (Å²) >= 11 is 0. The van der Waals surface area contributed by atoms with Gasteiger partial charge in [0.1, 0.15) is 11.2 Å². The predicted molar refractivity (Wildman–Crippen MR) is 535 cm³/mol. The molecule has 0 amide bonds. The number of fused-ring (bicyclic) bond motifs is 22. The molecule has 0 fully saturated rings. The molecule has 5 aliphatic rings. The Morgan fingerprint density at radius 3 is 1.02 bits per heavy atom. The zero-order chi connectivity index (χ0) is 83.4. The van der Waals surface area contributed by atoms with E-state index in [1.54, 1.807) is 0 Å². The summed E-state index contributed by atoms with van der Waals surface area (Å²) in [5, 5.41) is 7.53. The second-order valence-electron chi connectivity index (χ2n) is 34.2. The van der Waals surface area contributed by atoms with Crippen molar-refractivity contribution in [2.75, 3.05) is 9.80 Å². The number of furan rings is 1. The first-order valence-electron chi connectivity index (χ1n) is 44.1. The molecule has 0 atom stereocenters. The van der Waals surface area contributed by atoms with Gasteiger partial charge in [0.25, 0.3) is 0 Å². The molecule has 0 bridgehead atoms. The smallest absolute Gasteiger partial charge is 0.143 e. The average Bonchev–Trinajstić information content (AvgIpc) is 1.50. The van der Waals surface area contributed by atoms with Gasteiger partial charge in [-0.25, -0.2) is 0 Å². The summed E-state index contributed by atoms with van der Waals surface area (Å²) < 4.78 is 6.51. The van der Waals surface area contributed by atoms with Crippen LogP contribution in [0.1, 0.15) is 51.9 Å². The van der Waals surface area contributed by atoms with E-state index in [0.29, 0.717) is 0 Å². The molecule has 0 aliphatic heterocycles. The Bertz CT molecular complexity index is 8100. The van der Waals surface area contributed by atoms with Crippen LogP contribution in [-0.2, 0) is 10.8 Å². The normalized spacial score (nSPS) is 12.9. The first kappa shape index (κ1) is 74.2. The fourth-order valence-electron chi connectivity index (χ4n) is 22.7. The average molecular weight is 1630 g/mol. The molecule has 0 radical (unpaired) electrons. The fraction of sp³-hybridized carbons (Fsp3) is 0.0240. The van der Waals surface area contributed by atoms with Crippen molar-refractivity contribution in [1.82, 2.24) is 0 Å². The summed E-state index contributed by atoms with van der Waals surface area (Å²) in [5.41, 5.74) is 45.9. The Morgan fingerprint density at radius 2 is 0.492 bits per heavy atom. The first-order valence-corrected chi connectivity index (χ1v) is 44.1. The molecule has 27 rings (SSSR count). The summed E-state index contributed by atoms with van der Waals surface area (Å²) in [4.78, 5) is 4.81. The molecule has 128 heavy (non-hydrogen) atoms. The zero-order valence-electron chi connectivity index (χ0n) is 69.3. The highest BCUT2D eigenvalue weighted by Gasteiger charge is 2.52. The maximum atomic E-state index is 6.51. The molecule has 21 aromatic carbocycles. The third-order valence-corrected chi connectivity index (χ3v) is 28.0. The van der Waals surface area contributed by atoms with Gasteiger partial charge in [0.05, 0.1) is 10.8 Å². The highest BCUT2D eigenvalue weighted by Crippen LogP contribution is 2.65. The van der Waals surface area contributed by atoms with Gasteiger partial charge < -0.3 is 14.2 Å². The van der Waals surface area contributed by atoms with Gasteiger partial charge in [-0.05, 0) is 262 Å². The van der Waals surface area contributed by atoms with E-state index >= 15 is 0 Å². The van der Waals surface area contributed by atoms with Crippen LogP contribution in [0.3, 0.4) is 0 Å². The van der Waals surface area contributed by atoms with Crippen LogP contribution in [0.25, 0.3) is 166 Å². The Kier molecular flexibility index (Phi) is 17.0. The van der Waals surface area contributed by atoms with Crippen molar-refractivity contribution in [2.24, 2.45) is 0 Å². The lowest BCUT2D eigenvalue weighted by Crippen LogP contribution is -2.28. The van der Waals surface area contributed by atoms with E-state index in [4.69, 9.17) is 4.42 Å². The molecule has 3 heteroatoms. The molecule has 598 valence electrons. The quantitative estimate of drug-likeness (QED) is 0.122. The Morgan fingerprint density at radius 1 is 0.172 bits per heavy atom. The molecule has 1 aromatic heterocycles. The SMILES string of the molecule is C.c1ccc(C2(c3ccccc3)c3ccccc3-c3ccc(N(c4ccc(-c5ccc6c7c(cccc57)-c5ccccc5-6)cc4)c4ccc(-c5cccc6c5oc5ccccc56)cc4)cc32)cc1.c1ccc(N(c2ccc(-c3ccc4c5c(cccc35)-c3ccccc3-4)cc2)c2cccc(-c3cccc4c3-c3ccccc3C43c4ccccc4-c4ccccc43)c2)cc1. The molecule has 22 aromatic rings. The van der Waals surface area contributed by atoms with Gasteiger partial charge in [-0.1, -0.05) is 402 Å². The van der Waals surface area contributed by atoms with Gasteiger partial charge in [0, 0.05) is 50.5 Å². The molecule has 1 heterocycles. The Balaban J connectivity index is 0.000000139. The lowest BCUT2D eigenvalue weighted by molar-refractivity contribution is 0.670. The molecule has 0 saturated heterocycles. The Hall–Kier alpha value is -16.5. The second-order valence-corrected chi connectivity index (χ2v) is 34.2. The van der Waals surface area contributed by atoms with Gasteiger partial charge in [-0.15, -0.1) is 0 Å². The van der Waals surface area contributed by atoms with Crippen LogP contribution >= 0.6 is 0 Å². The molecule has 0 saturated carbocycles. The minimum Gasteiger partial charge on any atom is -0.455 e. The topological polar surface area (TPSA) is 19.6 Å². The molecule has 0 N–H and O–H groups in total. The van der Waals surface area contributed by atoms with Crippen molar-refractivity contribution in [3.63, 3.8) is 0 Å². The fourth-order valence-corrected chi connectivity index (χ4v) is 22.7. The van der Waals surface area contributed by atoms with Crippen LogP contribution in [0, 0.1) is 0 Å². The van der Waals surface area contributed by atoms with Crippen molar-refractivity contribution in [3.8, 4) is 122 Å². The van der Waals surface area contributed by atoms with E-state index in [1.165, 1.54) is 177 Å². The summed E-state index contributed by atoms with van der Waals surface area (Å²) in [6.45, 7) is 0. The number of rotatable bonds is 12. The summed E-state index contributed by atoms with van der Waals surface area (Å²) in [7, 11) is 0. The largest absolute Gasteiger partial charge is 0.455 e. The van der Waals surface area contributed by atoms with Crippen molar-refractivity contribution >= 4 is 77.6 Å². The van der Waals surface area contributed by atoms with E-state index in [0.717, 1.165) is 67.2 Å². The third-order valence-electron chi connectivity index (χ3n) is 28.0. The van der Waals surface area contributed by atoms with Crippen LogP contribution in [0.4, 0.5) is 34.1 Å². The number of nitrogens with zero attached hydrogens (tertiary/aromatic N) is 2. The Labute approximate surface area is 745 Å². The van der Waals surface area contributed by atoms with Gasteiger partial charge >= 0.3 is 0 Å². The predicted octanol–water partition coefficient (Wildman–Crippen LogP) is 33.8. The first-order chi connectivity index (χ1) is 63.0. The van der Waals surface area contributed by atoms with Crippen LogP contribution in [0.5, 0.6) is 0 Å². The molecular formula is C125H82N2O. The van der Waals surface area contributed by atoms with E-state index in [9.17, 15) is 0 Å². The number of anilines is 6. The van der Waals surface area contributed by atoms with Gasteiger partial charge in [0.2, 0.25) is 0 Å². The van der Waals surface area contributed by atoms with Crippen molar-refractivity contribution in [1.29, 1.82) is 0 Å². The van der Waals surface area contributed by atoms with E-state index < -0.39 is 5.41 Å². The van der Waals surface area contributed by atoms with E-state index in [2.05, 4.69) is 477 Å².